The van der Waals surface area contributed by atoms with Crippen molar-refractivity contribution in [3.63, 3.8) is 0 Å². The van der Waals surface area contributed by atoms with Crippen molar-refractivity contribution in [1.29, 1.82) is 0 Å². The standard InChI is InChI=1S/C11H11BrN4O2/c1-7-4-3-5-8(10(7)16(17)18)11-14-13-9(6-12)15(11)2/h3-5H,6H2,1-2H3. The third kappa shape index (κ3) is 2.01. The number of para-hydroxylation sites is 1. The molecule has 0 radical (unpaired) electrons. The van der Waals surface area contributed by atoms with Gasteiger partial charge in [-0.05, 0) is 13.0 Å². The average Bonchev–Trinajstić information content (AvgIpc) is 2.69. The fourth-order valence-electron chi connectivity index (χ4n) is 1.79. The van der Waals surface area contributed by atoms with Crippen molar-refractivity contribution < 1.29 is 4.92 Å². The zero-order valence-electron chi connectivity index (χ0n) is 9.92. The van der Waals surface area contributed by atoms with Crippen LogP contribution in [0.3, 0.4) is 0 Å². The zero-order valence-corrected chi connectivity index (χ0v) is 11.5. The predicted octanol–water partition coefficient (Wildman–Crippen LogP) is 2.59. The van der Waals surface area contributed by atoms with Crippen LogP contribution in [0.25, 0.3) is 11.4 Å². The molecule has 94 valence electrons. The van der Waals surface area contributed by atoms with Crippen LogP contribution in [0.4, 0.5) is 5.69 Å². The molecule has 0 aliphatic rings. The Kier molecular flexibility index (Phi) is 3.42. The lowest BCUT2D eigenvalue weighted by Gasteiger charge is -2.05. The van der Waals surface area contributed by atoms with Crippen molar-refractivity contribution in [2.24, 2.45) is 7.05 Å². The third-order valence-electron chi connectivity index (χ3n) is 2.75. The van der Waals surface area contributed by atoms with Crippen molar-refractivity contribution in [1.82, 2.24) is 14.8 Å². The van der Waals surface area contributed by atoms with Gasteiger partial charge in [0.2, 0.25) is 0 Å². The number of rotatable bonds is 3. The van der Waals surface area contributed by atoms with E-state index >= 15 is 0 Å². The van der Waals surface area contributed by atoms with Crippen LogP contribution in [-0.2, 0) is 12.4 Å². The normalized spacial score (nSPS) is 10.6. The zero-order chi connectivity index (χ0) is 13.3. The van der Waals surface area contributed by atoms with E-state index in [0.717, 1.165) is 5.82 Å². The van der Waals surface area contributed by atoms with Gasteiger partial charge in [0.25, 0.3) is 5.69 Å². The van der Waals surface area contributed by atoms with Gasteiger partial charge in [-0.2, -0.15) is 0 Å². The first kappa shape index (κ1) is 12.7. The molecule has 0 amide bonds. The molecule has 0 N–H and O–H groups in total. The molecule has 0 atom stereocenters. The Morgan fingerprint density at radius 2 is 2.17 bits per heavy atom. The highest BCUT2D eigenvalue weighted by Gasteiger charge is 2.22. The first-order valence-corrected chi connectivity index (χ1v) is 6.37. The van der Waals surface area contributed by atoms with E-state index in [2.05, 4.69) is 26.1 Å². The van der Waals surface area contributed by atoms with Crippen LogP contribution in [0.2, 0.25) is 0 Å². The Bertz CT molecular complexity index is 609. The molecule has 0 unspecified atom stereocenters. The number of alkyl halides is 1. The maximum Gasteiger partial charge on any atom is 0.283 e. The minimum Gasteiger partial charge on any atom is -0.313 e. The van der Waals surface area contributed by atoms with Crippen LogP contribution in [-0.4, -0.2) is 19.7 Å². The van der Waals surface area contributed by atoms with E-state index in [-0.39, 0.29) is 10.6 Å². The molecular weight excluding hydrogens is 300 g/mol. The quantitative estimate of drug-likeness (QED) is 0.496. The molecule has 7 heteroatoms. The molecule has 2 rings (SSSR count). The molecule has 0 spiro atoms. The monoisotopic (exact) mass is 310 g/mol. The summed E-state index contributed by atoms with van der Waals surface area (Å²) in [6, 6.07) is 5.18. The van der Waals surface area contributed by atoms with Gasteiger partial charge in [-0.3, -0.25) is 10.1 Å². The molecule has 1 heterocycles. The predicted molar refractivity (Wildman–Crippen MR) is 70.5 cm³/mol. The van der Waals surface area contributed by atoms with Gasteiger partial charge in [0.05, 0.1) is 15.8 Å². The van der Waals surface area contributed by atoms with Crippen molar-refractivity contribution in [2.45, 2.75) is 12.3 Å². The lowest BCUT2D eigenvalue weighted by Crippen LogP contribution is -2.01. The summed E-state index contributed by atoms with van der Waals surface area (Å²) in [6.07, 6.45) is 0. The SMILES string of the molecule is Cc1cccc(-c2nnc(CBr)n2C)c1[N+](=O)[O-]. The number of aromatic nitrogens is 3. The third-order valence-corrected chi connectivity index (χ3v) is 3.25. The lowest BCUT2D eigenvalue weighted by atomic mass is 10.1. The molecule has 0 bridgehead atoms. The van der Waals surface area contributed by atoms with E-state index in [1.165, 1.54) is 0 Å². The summed E-state index contributed by atoms with van der Waals surface area (Å²) in [6.45, 7) is 1.71. The Hall–Kier alpha value is -1.76. The maximum atomic E-state index is 11.1. The summed E-state index contributed by atoms with van der Waals surface area (Å²) in [5.41, 5.74) is 1.18. The fourth-order valence-corrected chi connectivity index (χ4v) is 2.28. The fraction of sp³-hybridized carbons (Fsp3) is 0.273. The van der Waals surface area contributed by atoms with Crippen molar-refractivity contribution in [2.75, 3.05) is 0 Å². The summed E-state index contributed by atoms with van der Waals surface area (Å²) in [5, 5.41) is 19.7. The van der Waals surface area contributed by atoms with Crippen LogP contribution in [0.1, 0.15) is 11.4 Å². The number of nitro benzene ring substituents is 1. The van der Waals surface area contributed by atoms with E-state index in [9.17, 15) is 10.1 Å². The largest absolute Gasteiger partial charge is 0.313 e. The second-order valence-corrected chi connectivity index (χ2v) is 4.42. The lowest BCUT2D eigenvalue weighted by molar-refractivity contribution is -0.384. The van der Waals surface area contributed by atoms with Crippen LogP contribution < -0.4 is 0 Å². The van der Waals surface area contributed by atoms with Gasteiger partial charge in [0, 0.05) is 12.6 Å². The van der Waals surface area contributed by atoms with E-state index in [4.69, 9.17) is 0 Å². The summed E-state index contributed by atoms with van der Waals surface area (Å²) in [5.74, 6) is 1.22. The Morgan fingerprint density at radius 1 is 1.44 bits per heavy atom. The Balaban J connectivity index is 2.67. The Morgan fingerprint density at radius 3 is 2.72 bits per heavy atom. The molecule has 2 aromatic rings. The number of nitro groups is 1. The van der Waals surface area contributed by atoms with Crippen molar-refractivity contribution in [3.8, 4) is 11.4 Å². The number of halogens is 1. The molecule has 6 nitrogen and oxygen atoms in total. The molecule has 1 aromatic heterocycles. The van der Waals surface area contributed by atoms with Crippen LogP contribution in [0.15, 0.2) is 18.2 Å². The number of hydrogen-bond acceptors (Lipinski definition) is 4. The molecule has 0 fully saturated rings. The highest BCUT2D eigenvalue weighted by Crippen LogP contribution is 2.31. The molecule has 0 saturated heterocycles. The van der Waals surface area contributed by atoms with Crippen LogP contribution >= 0.6 is 15.9 Å². The average molecular weight is 311 g/mol. The molecular formula is C11H11BrN4O2. The minimum absolute atomic E-state index is 0.0779. The molecule has 0 aliphatic heterocycles. The number of hydrogen-bond donors (Lipinski definition) is 0. The summed E-state index contributed by atoms with van der Waals surface area (Å²) >= 11 is 3.30. The van der Waals surface area contributed by atoms with Gasteiger partial charge in [-0.15, -0.1) is 10.2 Å². The second kappa shape index (κ2) is 4.85. The number of nitrogens with zero attached hydrogens (tertiary/aromatic N) is 4. The van der Waals surface area contributed by atoms with E-state index in [1.54, 1.807) is 36.7 Å². The van der Waals surface area contributed by atoms with Gasteiger partial charge in [0.1, 0.15) is 5.82 Å². The molecule has 1 aromatic carbocycles. The van der Waals surface area contributed by atoms with Crippen molar-refractivity contribution >= 4 is 21.6 Å². The highest BCUT2D eigenvalue weighted by atomic mass is 79.9. The summed E-state index contributed by atoms with van der Waals surface area (Å²) in [4.78, 5) is 10.8. The van der Waals surface area contributed by atoms with Crippen molar-refractivity contribution in [3.05, 3.63) is 39.7 Å². The number of benzene rings is 1. The molecule has 0 saturated carbocycles. The smallest absolute Gasteiger partial charge is 0.283 e. The second-order valence-electron chi connectivity index (χ2n) is 3.86. The van der Waals surface area contributed by atoms with Gasteiger partial charge in [-0.25, -0.2) is 0 Å². The van der Waals surface area contributed by atoms with Gasteiger partial charge < -0.3 is 4.57 Å². The minimum atomic E-state index is -0.382. The summed E-state index contributed by atoms with van der Waals surface area (Å²) < 4.78 is 1.75. The van der Waals surface area contributed by atoms with Crippen LogP contribution in [0.5, 0.6) is 0 Å². The first-order valence-electron chi connectivity index (χ1n) is 5.25. The van der Waals surface area contributed by atoms with Gasteiger partial charge in [-0.1, -0.05) is 28.1 Å². The maximum absolute atomic E-state index is 11.1. The highest BCUT2D eigenvalue weighted by molar-refractivity contribution is 9.08. The van der Waals surface area contributed by atoms with Gasteiger partial charge in [0.15, 0.2) is 5.82 Å². The number of aryl methyl sites for hydroxylation is 1. The Labute approximate surface area is 112 Å². The molecule has 18 heavy (non-hydrogen) atoms. The first-order chi connectivity index (χ1) is 8.56. The van der Waals surface area contributed by atoms with Gasteiger partial charge >= 0.3 is 0 Å². The van der Waals surface area contributed by atoms with E-state index in [1.807, 2.05) is 0 Å². The topological polar surface area (TPSA) is 73.8 Å². The van der Waals surface area contributed by atoms with E-state index in [0.29, 0.717) is 22.3 Å². The molecule has 0 aliphatic carbocycles. The summed E-state index contributed by atoms with van der Waals surface area (Å²) in [7, 11) is 1.79. The van der Waals surface area contributed by atoms with E-state index < -0.39 is 0 Å². The van der Waals surface area contributed by atoms with Crippen LogP contribution in [0, 0.1) is 17.0 Å².